The van der Waals surface area contributed by atoms with Crippen LogP contribution in [0, 0.1) is 5.92 Å². The largest absolute Gasteiger partial charge is 0.355 e. The standard InChI is InChI=1S/C18H20N4OS/c23-18(21-7-4-15-13(9-21)5-8-24-15)14-10-22(11-14)16-3-6-19-17(20-16)12-1-2-12/h3,5-6,8,12,14H,1-2,4,7,9-11H2. The quantitative estimate of drug-likeness (QED) is 0.861. The molecule has 2 aliphatic heterocycles. The number of hydrogen-bond acceptors (Lipinski definition) is 5. The Morgan fingerprint density at radius 1 is 1.25 bits per heavy atom. The number of thiophene rings is 1. The van der Waals surface area contributed by atoms with Gasteiger partial charge in [0.25, 0.3) is 0 Å². The van der Waals surface area contributed by atoms with E-state index in [-0.39, 0.29) is 5.92 Å². The summed E-state index contributed by atoms with van der Waals surface area (Å²) in [5, 5.41) is 2.14. The van der Waals surface area contributed by atoms with Crippen LogP contribution in [0.2, 0.25) is 0 Å². The van der Waals surface area contributed by atoms with E-state index in [1.165, 1.54) is 23.3 Å². The average molecular weight is 340 g/mol. The highest BCUT2D eigenvalue weighted by Crippen LogP contribution is 2.38. The van der Waals surface area contributed by atoms with Gasteiger partial charge in [0.05, 0.1) is 5.92 Å². The Morgan fingerprint density at radius 2 is 2.12 bits per heavy atom. The van der Waals surface area contributed by atoms with Gasteiger partial charge in [0, 0.05) is 43.2 Å². The van der Waals surface area contributed by atoms with Crippen molar-refractivity contribution in [2.75, 3.05) is 24.5 Å². The molecule has 0 N–H and O–H groups in total. The topological polar surface area (TPSA) is 49.3 Å². The molecule has 124 valence electrons. The molecule has 2 fully saturated rings. The van der Waals surface area contributed by atoms with E-state index in [1.54, 1.807) is 0 Å². The monoisotopic (exact) mass is 340 g/mol. The van der Waals surface area contributed by atoms with Crippen LogP contribution in [-0.4, -0.2) is 40.4 Å². The molecule has 5 nitrogen and oxygen atoms in total. The van der Waals surface area contributed by atoms with Crippen molar-refractivity contribution in [1.29, 1.82) is 0 Å². The maximum atomic E-state index is 12.7. The van der Waals surface area contributed by atoms with Gasteiger partial charge >= 0.3 is 0 Å². The molecule has 0 aromatic carbocycles. The molecule has 1 saturated carbocycles. The van der Waals surface area contributed by atoms with Crippen LogP contribution in [0.1, 0.15) is 35.0 Å². The van der Waals surface area contributed by atoms with Gasteiger partial charge in [-0.3, -0.25) is 4.79 Å². The Balaban J connectivity index is 1.22. The van der Waals surface area contributed by atoms with Gasteiger partial charge in [-0.25, -0.2) is 9.97 Å². The molecule has 2 aromatic heterocycles. The number of carbonyl (C=O) groups is 1. The SMILES string of the molecule is O=C(C1CN(c2ccnc(C3CC3)n2)C1)N1CCc2sccc2C1. The number of anilines is 1. The second kappa shape index (κ2) is 5.55. The number of hydrogen-bond donors (Lipinski definition) is 0. The Hall–Kier alpha value is -1.95. The molecular formula is C18H20N4OS. The molecule has 1 saturated heterocycles. The minimum atomic E-state index is 0.115. The summed E-state index contributed by atoms with van der Waals surface area (Å²) in [4.78, 5) is 27.5. The van der Waals surface area contributed by atoms with Crippen LogP contribution in [0.25, 0.3) is 0 Å². The van der Waals surface area contributed by atoms with Crippen molar-refractivity contribution in [2.45, 2.75) is 31.7 Å². The zero-order chi connectivity index (χ0) is 16.1. The van der Waals surface area contributed by atoms with Crippen LogP contribution in [0.3, 0.4) is 0 Å². The number of fused-ring (bicyclic) bond motifs is 1. The Morgan fingerprint density at radius 3 is 2.96 bits per heavy atom. The van der Waals surface area contributed by atoms with Crippen molar-refractivity contribution in [3.8, 4) is 0 Å². The Labute approximate surface area is 145 Å². The third-order valence-electron chi connectivity index (χ3n) is 5.28. The lowest BCUT2D eigenvalue weighted by Crippen LogP contribution is -2.55. The third-order valence-corrected chi connectivity index (χ3v) is 6.30. The van der Waals surface area contributed by atoms with Gasteiger partial charge in [-0.15, -0.1) is 11.3 Å². The number of rotatable bonds is 3. The van der Waals surface area contributed by atoms with E-state index in [9.17, 15) is 4.79 Å². The first-order valence-corrected chi connectivity index (χ1v) is 9.58. The van der Waals surface area contributed by atoms with Gasteiger partial charge in [0.1, 0.15) is 11.6 Å². The lowest BCUT2D eigenvalue weighted by molar-refractivity contribution is -0.137. The molecule has 3 aliphatic rings. The molecule has 1 amide bonds. The zero-order valence-corrected chi connectivity index (χ0v) is 14.3. The summed E-state index contributed by atoms with van der Waals surface area (Å²) < 4.78 is 0. The lowest BCUT2D eigenvalue weighted by Gasteiger charge is -2.42. The first kappa shape index (κ1) is 14.4. The third kappa shape index (κ3) is 2.49. The van der Waals surface area contributed by atoms with Crippen molar-refractivity contribution in [1.82, 2.24) is 14.9 Å². The normalized spacial score (nSPS) is 20.7. The van der Waals surface area contributed by atoms with Crippen LogP contribution in [0.4, 0.5) is 5.82 Å². The van der Waals surface area contributed by atoms with Gasteiger partial charge in [-0.2, -0.15) is 0 Å². The summed E-state index contributed by atoms with van der Waals surface area (Å²) in [7, 11) is 0. The van der Waals surface area contributed by atoms with Crippen molar-refractivity contribution in [3.05, 3.63) is 40.0 Å². The summed E-state index contributed by atoms with van der Waals surface area (Å²) in [6, 6.07) is 4.12. The summed E-state index contributed by atoms with van der Waals surface area (Å²) in [6.45, 7) is 3.22. The molecule has 6 heteroatoms. The number of aromatic nitrogens is 2. The zero-order valence-electron chi connectivity index (χ0n) is 13.5. The highest BCUT2D eigenvalue weighted by Gasteiger charge is 2.37. The van der Waals surface area contributed by atoms with Gasteiger partial charge in [-0.1, -0.05) is 0 Å². The minimum absolute atomic E-state index is 0.115. The molecule has 0 spiro atoms. The van der Waals surface area contributed by atoms with Crippen molar-refractivity contribution in [3.63, 3.8) is 0 Å². The van der Waals surface area contributed by atoms with Gasteiger partial charge in [0.2, 0.25) is 5.91 Å². The highest BCUT2D eigenvalue weighted by molar-refractivity contribution is 7.10. The molecule has 0 unspecified atom stereocenters. The maximum absolute atomic E-state index is 12.7. The van der Waals surface area contributed by atoms with Gasteiger partial charge in [0.15, 0.2) is 0 Å². The molecule has 4 heterocycles. The molecule has 5 rings (SSSR count). The second-order valence-electron chi connectivity index (χ2n) is 7.03. The summed E-state index contributed by atoms with van der Waals surface area (Å²) >= 11 is 1.81. The predicted octanol–water partition coefficient (Wildman–Crippen LogP) is 2.44. The first-order chi connectivity index (χ1) is 11.8. The van der Waals surface area contributed by atoms with Crippen LogP contribution in [-0.2, 0) is 17.8 Å². The summed E-state index contributed by atoms with van der Waals surface area (Å²) in [6.07, 6.45) is 5.29. The van der Waals surface area contributed by atoms with E-state index in [4.69, 9.17) is 0 Å². The summed E-state index contributed by atoms with van der Waals surface area (Å²) in [5.74, 6) is 2.94. The van der Waals surface area contributed by atoms with Gasteiger partial charge in [-0.05, 0) is 42.3 Å². The van der Waals surface area contributed by atoms with Crippen molar-refractivity contribution in [2.24, 2.45) is 5.92 Å². The van der Waals surface area contributed by atoms with Crippen LogP contribution in [0.5, 0.6) is 0 Å². The Bertz CT molecular complexity index is 779. The van der Waals surface area contributed by atoms with Crippen LogP contribution in [0.15, 0.2) is 23.7 Å². The molecular weight excluding hydrogens is 320 g/mol. The summed E-state index contributed by atoms with van der Waals surface area (Å²) in [5.41, 5.74) is 1.33. The molecule has 24 heavy (non-hydrogen) atoms. The second-order valence-corrected chi connectivity index (χ2v) is 8.03. The van der Waals surface area contributed by atoms with E-state index in [2.05, 4.69) is 26.3 Å². The average Bonchev–Trinajstić information content (AvgIpc) is 3.31. The number of carbonyl (C=O) groups excluding carboxylic acids is 1. The first-order valence-electron chi connectivity index (χ1n) is 8.70. The molecule has 0 bridgehead atoms. The lowest BCUT2D eigenvalue weighted by atomic mass is 9.97. The van der Waals surface area contributed by atoms with E-state index in [0.29, 0.717) is 11.8 Å². The fourth-order valence-electron chi connectivity index (χ4n) is 3.59. The van der Waals surface area contributed by atoms with Crippen molar-refractivity contribution < 1.29 is 4.79 Å². The Kier molecular flexibility index (Phi) is 3.33. The van der Waals surface area contributed by atoms with Crippen LogP contribution >= 0.6 is 11.3 Å². The van der Waals surface area contributed by atoms with E-state index >= 15 is 0 Å². The fraction of sp³-hybridized carbons (Fsp3) is 0.500. The minimum Gasteiger partial charge on any atom is -0.355 e. The highest BCUT2D eigenvalue weighted by atomic mass is 32.1. The van der Waals surface area contributed by atoms with Crippen LogP contribution < -0.4 is 4.90 Å². The molecule has 1 aliphatic carbocycles. The van der Waals surface area contributed by atoms with E-state index in [0.717, 1.165) is 44.2 Å². The molecule has 0 radical (unpaired) electrons. The van der Waals surface area contributed by atoms with E-state index < -0.39 is 0 Å². The number of nitrogens with zero attached hydrogens (tertiary/aromatic N) is 4. The predicted molar refractivity (Wildman–Crippen MR) is 93.2 cm³/mol. The molecule has 2 aromatic rings. The smallest absolute Gasteiger partial charge is 0.229 e. The molecule has 0 atom stereocenters. The van der Waals surface area contributed by atoms with Crippen molar-refractivity contribution >= 4 is 23.1 Å². The fourth-order valence-corrected chi connectivity index (χ4v) is 4.48. The van der Waals surface area contributed by atoms with E-state index in [1.807, 2.05) is 28.5 Å². The number of amides is 1. The van der Waals surface area contributed by atoms with Gasteiger partial charge < -0.3 is 9.80 Å². The maximum Gasteiger partial charge on any atom is 0.229 e.